The van der Waals surface area contributed by atoms with E-state index in [4.69, 9.17) is 9.84 Å². The number of aliphatic carboxylic acids is 1. The first-order chi connectivity index (χ1) is 7.06. The van der Waals surface area contributed by atoms with E-state index in [1.807, 2.05) is 0 Å². The van der Waals surface area contributed by atoms with Crippen molar-refractivity contribution in [3.63, 3.8) is 0 Å². The van der Waals surface area contributed by atoms with Crippen LogP contribution >= 0.6 is 0 Å². The highest BCUT2D eigenvalue weighted by Gasteiger charge is 2.13. The number of rotatable bonds is 8. The normalized spacial score (nSPS) is 12.1. The Hall–Kier alpha value is -1.06. The Morgan fingerprint density at radius 3 is 2.40 bits per heavy atom. The second-order valence-corrected chi connectivity index (χ2v) is 3.66. The molecule has 1 N–H and O–H groups in total. The minimum atomic E-state index is -0.845. The van der Waals surface area contributed by atoms with Gasteiger partial charge in [0.05, 0.1) is 0 Å². The molecule has 88 valence electrons. The summed E-state index contributed by atoms with van der Waals surface area (Å²) in [5.74, 6) is -1.18. The molecule has 0 fully saturated rings. The lowest BCUT2D eigenvalue weighted by atomic mass is 10.1. The molecule has 0 spiro atoms. The SMILES string of the molecule is CCCCC[C@@H](CCC(=O)O)OC(C)=O. The maximum atomic E-state index is 10.8. The molecule has 0 rings (SSSR count). The number of carboxylic acid groups (broad SMARTS) is 1. The van der Waals surface area contributed by atoms with Crippen LogP contribution in [-0.4, -0.2) is 23.1 Å². The zero-order valence-corrected chi connectivity index (χ0v) is 9.49. The number of carboxylic acids is 1. The molecule has 0 heterocycles. The Labute approximate surface area is 90.6 Å². The lowest BCUT2D eigenvalue weighted by Crippen LogP contribution is -2.17. The van der Waals surface area contributed by atoms with E-state index in [2.05, 4.69) is 6.92 Å². The number of ether oxygens (including phenoxy) is 1. The molecule has 0 aromatic carbocycles. The van der Waals surface area contributed by atoms with Gasteiger partial charge in [0.1, 0.15) is 6.10 Å². The third kappa shape index (κ3) is 9.25. The van der Waals surface area contributed by atoms with Crippen LogP contribution in [0.25, 0.3) is 0 Å². The molecule has 4 heteroatoms. The largest absolute Gasteiger partial charge is 0.481 e. The van der Waals surface area contributed by atoms with Crippen LogP contribution in [0.1, 0.15) is 52.4 Å². The van der Waals surface area contributed by atoms with Crippen LogP contribution in [0.4, 0.5) is 0 Å². The molecule has 0 aromatic rings. The van der Waals surface area contributed by atoms with E-state index in [-0.39, 0.29) is 18.5 Å². The molecule has 0 aliphatic heterocycles. The van der Waals surface area contributed by atoms with Gasteiger partial charge in [-0.1, -0.05) is 19.8 Å². The van der Waals surface area contributed by atoms with E-state index >= 15 is 0 Å². The molecule has 0 radical (unpaired) electrons. The average molecular weight is 216 g/mol. The summed E-state index contributed by atoms with van der Waals surface area (Å²) in [7, 11) is 0. The van der Waals surface area contributed by atoms with Gasteiger partial charge in [0.2, 0.25) is 0 Å². The van der Waals surface area contributed by atoms with Gasteiger partial charge in [0, 0.05) is 13.3 Å². The van der Waals surface area contributed by atoms with Crippen LogP contribution in [0, 0.1) is 0 Å². The van der Waals surface area contributed by atoms with E-state index in [9.17, 15) is 9.59 Å². The summed E-state index contributed by atoms with van der Waals surface area (Å²) in [6.45, 7) is 3.45. The first-order valence-electron chi connectivity index (χ1n) is 5.45. The third-order valence-electron chi connectivity index (χ3n) is 2.14. The van der Waals surface area contributed by atoms with Gasteiger partial charge in [-0.2, -0.15) is 0 Å². The Balaban J connectivity index is 3.83. The molecule has 0 saturated heterocycles. The van der Waals surface area contributed by atoms with Gasteiger partial charge >= 0.3 is 11.9 Å². The molecule has 1 atom stereocenters. The zero-order chi connectivity index (χ0) is 11.7. The van der Waals surface area contributed by atoms with E-state index < -0.39 is 5.97 Å². The molecular formula is C11H20O4. The third-order valence-corrected chi connectivity index (χ3v) is 2.14. The fourth-order valence-corrected chi connectivity index (χ4v) is 1.40. The number of unbranched alkanes of at least 4 members (excludes halogenated alkanes) is 2. The Morgan fingerprint density at radius 1 is 1.27 bits per heavy atom. The molecule has 0 aliphatic rings. The Morgan fingerprint density at radius 2 is 1.93 bits per heavy atom. The van der Waals surface area contributed by atoms with E-state index in [0.29, 0.717) is 6.42 Å². The number of carbonyl (C=O) groups excluding carboxylic acids is 1. The maximum absolute atomic E-state index is 10.8. The summed E-state index contributed by atoms with van der Waals surface area (Å²) in [6, 6.07) is 0. The van der Waals surface area contributed by atoms with Crippen molar-refractivity contribution >= 4 is 11.9 Å². The van der Waals surface area contributed by atoms with Gasteiger partial charge in [-0.05, 0) is 19.3 Å². The molecule has 0 aromatic heterocycles. The Kier molecular flexibility index (Phi) is 7.68. The fourth-order valence-electron chi connectivity index (χ4n) is 1.40. The first kappa shape index (κ1) is 13.9. The van der Waals surface area contributed by atoms with Crippen molar-refractivity contribution in [2.24, 2.45) is 0 Å². The highest BCUT2D eigenvalue weighted by atomic mass is 16.5. The maximum Gasteiger partial charge on any atom is 0.303 e. The summed E-state index contributed by atoms with van der Waals surface area (Å²) in [4.78, 5) is 21.1. The smallest absolute Gasteiger partial charge is 0.303 e. The van der Waals surface area contributed by atoms with E-state index in [1.54, 1.807) is 0 Å². The molecule has 4 nitrogen and oxygen atoms in total. The predicted molar refractivity (Wildman–Crippen MR) is 56.6 cm³/mol. The van der Waals surface area contributed by atoms with Crippen molar-refractivity contribution in [2.75, 3.05) is 0 Å². The quantitative estimate of drug-likeness (QED) is 0.499. The molecule has 0 bridgehead atoms. The van der Waals surface area contributed by atoms with Crippen molar-refractivity contribution in [3.05, 3.63) is 0 Å². The lowest BCUT2D eigenvalue weighted by Gasteiger charge is -2.15. The van der Waals surface area contributed by atoms with Gasteiger partial charge in [0.25, 0.3) is 0 Å². The van der Waals surface area contributed by atoms with Crippen LogP contribution in [0.5, 0.6) is 0 Å². The highest BCUT2D eigenvalue weighted by molar-refractivity contribution is 5.67. The van der Waals surface area contributed by atoms with Gasteiger partial charge in [0.15, 0.2) is 0 Å². The number of hydrogen-bond acceptors (Lipinski definition) is 3. The Bertz CT molecular complexity index is 201. The van der Waals surface area contributed by atoms with E-state index in [1.165, 1.54) is 6.92 Å². The molecule has 0 amide bonds. The van der Waals surface area contributed by atoms with Gasteiger partial charge < -0.3 is 9.84 Å². The summed E-state index contributed by atoms with van der Waals surface area (Å²) in [5.41, 5.74) is 0. The zero-order valence-electron chi connectivity index (χ0n) is 9.49. The number of carbonyl (C=O) groups is 2. The minimum Gasteiger partial charge on any atom is -0.481 e. The molecular weight excluding hydrogens is 196 g/mol. The second kappa shape index (κ2) is 8.26. The van der Waals surface area contributed by atoms with Crippen molar-refractivity contribution in [1.82, 2.24) is 0 Å². The van der Waals surface area contributed by atoms with Gasteiger partial charge in [-0.15, -0.1) is 0 Å². The minimum absolute atomic E-state index is 0.0596. The second-order valence-electron chi connectivity index (χ2n) is 3.66. The topological polar surface area (TPSA) is 63.6 Å². The lowest BCUT2D eigenvalue weighted by molar-refractivity contribution is -0.149. The molecule has 15 heavy (non-hydrogen) atoms. The van der Waals surface area contributed by atoms with Gasteiger partial charge in [-0.3, -0.25) is 9.59 Å². The van der Waals surface area contributed by atoms with Crippen LogP contribution in [0.15, 0.2) is 0 Å². The molecule has 0 aliphatic carbocycles. The molecule has 0 unspecified atom stereocenters. The first-order valence-corrected chi connectivity index (χ1v) is 5.45. The van der Waals surface area contributed by atoms with Crippen molar-refractivity contribution in [2.45, 2.75) is 58.5 Å². The summed E-state index contributed by atoms with van der Waals surface area (Å²) in [5, 5.41) is 8.53. The summed E-state index contributed by atoms with van der Waals surface area (Å²) in [6.07, 6.45) is 4.18. The van der Waals surface area contributed by atoms with E-state index in [0.717, 1.165) is 25.7 Å². The van der Waals surface area contributed by atoms with Gasteiger partial charge in [-0.25, -0.2) is 0 Å². The standard InChI is InChI=1S/C11H20O4/c1-3-4-5-6-10(15-9(2)12)7-8-11(13)14/h10H,3-8H2,1-2H3,(H,13,14)/t10-/m0/s1. The van der Waals surface area contributed by atoms with Crippen LogP contribution in [0.2, 0.25) is 0 Å². The van der Waals surface area contributed by atoms with Crippen molar-refractivity contribution in [3.8, 4) is 0 Å². The monoisotopic (exact) mass is 216 g/mol. The van der Waals surface area contributed by atoms with Crippen molar-refractivity contribution < 1.29 is 19.4 Å². The van der Waals surface area contributed by atoms with Crippen molar-refractivity contribution in [1.29, 1.82) is 0 Å². The van der Waals surface area contributed by atoms with Crippen LogP contribution < -0.4 is 0 Å². The van der Waals surface area contributed by atoms with Crippen LogP contribution in [-0.2, 0) is 14.3 Å². The summed E-state index contributed by atoms with van der Waals surface area (Å²) >= 11 is 0. The fraction of sp³-hybridized carbons (Fsp3) is 0.818. The average Bonchev–Trinajstić information content (AvgIpc) is 2.13. The number of esters is 1. The summed E-state index contributed by atoms with van der Waals surface area (Å²) < 4.78 is 5.05. The molecule has 0 saturated carbocycles. The van der Waals surface area contributed by atoms with Crippen LogP contribution in [0.3, 0.4) is 0 Å². The number of hydrogen-bond donors (Lipinski definition) is 1. The highest BCUT2D eigenvalue weighted by Crippen LogP contribution is 2.12. The predicted octanol–water partition coefficient (Wildman–Crippen LogP) is 2.36.